The molecule has 5 heteroatoms. The number of halogens is 1. The molecule has 2 aliphatic heterocycles. The molecule has 5 rings (SSSR count). The lowest BCUT2D eigenvalue weighted by Gasteiger charge is -2.38. The van der Waals surface area contributed by atoms with Crippen LogP contribution in [0.4, 0.5) is 0 Å². The number of nitrogens with zero attached hydrogens (tertiary/aromatic N) is 2. The van der Waals surface area contributed by atoms with Crippen LogP contribution in [0, 0.1) is 0 Å². The van der Waals surface area contributed by atoms with Crippen molar-refractivity contribution in [2.45, 2.75) is 51.3 Å². The number of unbranched alkanes of at least 4 members (excludes halogenated alkanes) is 3. The highest BCUT2D eigenvalue weighted by Crippen LogP contribution is 2.48. The van der Waals surface area contributed by atoms with Crippen LogP contribution in [0.3, 0.4) is 0 Å². The van der Waals surface area contributed by atoms with E-state index in [2.05, 4.69) is 76.4 Å². The summed E-state index contributed by atoms with van der Waals surface area (Å²) in [6, 6.07) is 25.1. The van der Waals surface area contributed by atoms with Gasteiger partial charge in [0.2, 0.25) is 6.23 Å². The number of rotatable bonds is 8. The van der Waals surface area contributed by atoms with E-state index in [1.165, 1.54) is 24.8 Å². The molecule has 0 bridgehead atoms. The van der Waals surface area contributed by atoms with Crippen LogP contribution in [-0.2, 0) is 0 Å². The van der Waals surface area contributed by atoms with Gasteiger partial charge in [0, 0.05) is 22.0 Å². The second-order valence-corrected chi connectivity index (χ2v) is 9.56. The Bertz CT molecular complexity index is 1110. The van der Waals surface area contributed by atoms with Crippen LogP contribution in [0.5, 0.6) is 11.5 Å². The Hall–Kier alpha value is -2.79. The van der Waals surface area contributed by atoms with Gasteiger partial charge in [-0.25, -0.2) is 5.01 Å². The molecule has 3 aromatic rings. The minimum Gasteiger partial charge on any atom is -0.494 e. The molecule has 0 unspecified atom stereocenters. The van der Waals surface area contributed by atoms with Gasteiger partial charge in [0.15, 0.2) is 0 Å². The zero-order valence-electron chi connectivity index (χ0n) is 18.9. The van der Waals surface area contributed by atoms with E-state index >= 15 is 0 Å². The van der Waals surface area contributed by atoms with Crippen LogP contribution in [0.1, 0.15) is 68.0 Å². The third-order valence-corrected chi connectivity index (χ3v) is 6.78. The summed E-state index contributed by atoms with van der Waals surface area (Å²) < 4.78 is 13.5. The van der Waals surface area contributed by atoms with Gasteiger partial charge >= 0.3 is 0 Å². The lowest BCUT2D eigenvalue weighted by atomic mass is 9.96. The van der Waals surface area contributed by atoms with Gasteiger partial charge in [0.25, 0.3) is 0 Å². The van der Waals surface area contributed by atoms with E-state index in [1.807, 2.05) is 24.3 Å². The van der Waals surface area contributed by atoms with Crippen molar-refractivity contribution >= 4 is 21.6 Å². The number of hydrogen-bond acceptors (Lipinski definition) is 4. The Morgan fingerprint density at radius 2 is 1.82 bits per heavy atom. The van der Waals surface area contributed by atoms with E-state index in [9.17, 15) is 0 Å². The van der Waals surface area contributed by atoms with Crippen molar-refractivity contribution in [3.63, 3.8) is 0 Å². The molecule has 2 atom stereocenters. The van der Waals surface area contributed by atoms with E-state index in [1.54, 1.807) is 0 Å². The van der Waals surface area contributed by atoms with Crippen molar-refractivity contribution in [2.75, 3.05) is 6.61 Å². The highest BCUT2D eigenvalue weighted by Gasteiger charge is 2.41. The molecule has 0 radical (unpaired) electrons. The average molecular weight is 505 g/mol. The van der Waals surface area contributed by atoms with Crippen LogP contribution < -0.4 is 9.47 Å². The van der Waals surface area contributed by atoms with Crippen molar-refractivity contribution in [3.05, 3.63) is 94.0 Å². The van der Waals surface area contributed by atoms with Gasteiger partial charge < -0.3 is 9.47 Å². The minimum atomic E-state index is -0.275. The van der Waals surface area contributed by atoms with Gasteiger partial charge in [-0.15, -0.1) is 0 Å². The lowest BCUT2D eigenvalue weighted by Crippen LogP contribution is -2.33. The first-order chi connectivity index (χ1) is 16.2. The van der Waals surface area contributed by atoms with Crippen molar-refractivity contribution in [3.8, 4) is 11.5 Å². The highest BCUT2D eigenvalue weighted by atomic mass is 79.9. The molecule has 0 saturated heterocycles. The molecular formula is C28H29BrN2O2. The van der Waals surface area contributed by atoms with Gasteiger partial charge in [-0.1, -0.05) is 72.4 Å². The minimum absolute atomic E-state index is 0.140. The predicted molar refractivity (Wildman–Crippen MR) is 136 cm³/mol. The Morgan fingerprint density at radius 1 is 1.00 bits per heavy atom. The summed E-state index contributed by atoms with van der Waals surface area (Å²) in [5.41, 5.74) is 4.50. The lowest BCUT2D eigenvalue weighted by molar-refractivity contribution is -0.0191. The topological polar surface area (TPSA) is 34.1 Å². The molecule has 0 aliphatic carbocycles. The van der Waals surface area contributed by atoms with E-state index in [0.717, 1.165) is 52.3 Å². The fourth-order valence-corrected chi connectivity index (χ4v) is 4.91. The van der Waals surface area contributed by atoms with Gasteiger partial charge in [-0.05, 0) is 54.4 Å². The highest BCUT2D eigenvalue weighted by molar-refractivity contribution is 9.10. The normalized spacial score (nSPS) is 18.8. The second-order valence-electron chi connectivity index (χ2n) is 8.64. The van der Waals surface area contributed by atoms with Crippen LogP contribution in [0.25, 0.3) is 0 Å². The van der Waals surface area contributed by atoms with Gasteiger partial charge in [0.05, 0.1) is 18.4 Å². The van der Waals surface area contributed by atoms with E-state index < -0.39 is 0 Å². The van der Waals surface area contributed by atoms with Gasteiger partial charge in [0.1, 0.15) is 11.5 Å². The van der Waals surface area contributed by atoms with Gasteiger partial charge in [-0.2, -0.15) is 5.10 Å². The summed E-state index contributed by atoms with van der Waals surface area (Å²) in [4.78, 5) is 0. The molecule has 3 aromatic carbocycles. The summed E-state index contributed by atoms with van der Waals surface area (Å²) in [6.45, 7) is 2.99. The summed E-state index contributed by atoms with van der Waals surface area (Å²) in [5.74, 6) is 1.83. The van der Waals surface area contributed by atoms with Crippen molar-refractivity contribution < 1.29 is 9.47 Å². The molecule has 33 heavy (non-hydrogen) atoms. The molecule has 0 spiro atoms. The third-order valence-electron chi connectivity index (χ3n) is 6.29. The first kappa shape index (κ1) is 22.0. The zero-order chi connectivity index (χ0) is 22.6. The van der Waals surface area contributed by atoms with Crippen LogP contribution in [0.15, 0.2) is 82.4 Å². The summed E-state index contributed by atoms with van der Waals surface area (Å²) in [5, 5.41) is 7.17. The average Bonchev–Trinajstić information content (AvgIpc) is 3.31. The molecule has 2 aliphatic rings. The monoisotopic (exact) mass is 504 g/mol. The molecule has 0 N–H and O–H groups in total. The van der Waals surface area contributed by atoms with Crippen LogP contribution >= 0.6 is 15.9 Å². The summed E-state index contributed by atoms with van der Waals surface area (Å²) in [6.07, 6.45) is 5.40. The first-order valence-corrected chi connectivity index (χ1v) is 12.6. The number of hydrogen-bond donors (Lipinski definition) is 0. The largest absolute Gasteiger partial charge is 0.494 e. The maximum atomic E-state index is 6.49. The summed E-state index contributed by atoms with van der Waals surface area (Å²) >= 11 is 3.62. The first-order valence-electron chi connectivity index (χ1n) is 11.8. The maximum Gasteiger partial charge on any atom is 0.213 e. The van der Waals surface area contributed by atoms with Crippen molar-refractivity contribution in [2.24, 2.45) is 5.10 Å². The van der Waals surface area contributed by atoms with Crippen LogP contribution in [-0.4, -0.2) is 17.3 Å². The number of ether oxygens (including phenoxy) is 2. The van der Waals surface area contributed by atoms with E-state index in [4.69, 9.17) is 14.6 Å². The summed E-state index contributed by atoms with van der Waals surface area (Å²) in [7, 11) is 0. The number of fused-ring (bicyclic) bond motifs is 3. The van der Waals surface area contributed by atoms with Gasteiger partial charge in [-0.3, -0.25) is 0 Å². The third kappa shape index (κ3) is 4.79. The molecule has 170 valence electrons. The Labute approximate surface area is 204 Å². The Morgan fingerprint density at radius 3 is 2.61 bits per heavy atom. The number of benzene rings is 3. The molecular weight excluding hydrogens is 476 g/mol. The zero-order valence-corrected chi connectivity index (χ0v) is 20.5. The Balaban J connectivity index is 1.39. The fraction of sp³-hybridized carbons (Fsp3) is 0.321. The predicted octanol–water partition coefficient (Wildman–Crippen LogP) is 7.65. The quantitative estimate of drug-likeness (QED) is 0.295. The maximum absolute atomic E-state index is 6.49. The molecule has 0 amide bonds. The van der Waals surface area contributed by atoms with E-state index in [0.29, 0.717) is 0 Å². The van der Waals surface area contributed by atoms with Crippen molar-refractivity contribution in [1.29, 1.82) is 0 Å². The van der Waals surface area contributed by atoms with E-state index in [-0.39, 0.29) is 12.3 Å². The molecule has 0 fully saturated rings. The number of hydrazone groups is 1. The SMILES string of the molecule is CCCCCCOc1ccc([C@@H]2Oc3ccc(Br)cc3[C@H]3CC(c4ccccc4)=NN32)cc1. The molecule has 0 aromatic heterocycles. The van der Waals surface area contributed by atoms with Crippen LogP contribution in [0.2, 0.25) is 0 Å². The molecule has 4 nitrogen and oxygen atoms in total. The molecule has 2 heterocycles. The van der Waals surface area contributed by atoms with Crippen molar-refractivity contribution in [1.82, 2.24) is 5.01 Å². The smallest absolute Gasteiger partial charge is 0.213 e. The Kier molecular flexibility index (Phi) is 6.68. The standard InChI is InChI=1S/C28H29BrN2O2/c1-2-3-4-8-17-32-23-14-11-21(12-15-23)28-31-26(24-18-22(29)13-16-27(24)33-28)19-25(30-31)20-9-6-5-7-10-20/h5-7,9-16,18,26,28H,2-4,8,17,19H2,1H3/t26-,28+/m1/s1. The molecule has 0 saturated carbocycles. The fourth-order valence-electron chi connectivity index (χ4n) is 4.53. The second kappa shape index (κ2) is 10.0.